The number of nitriles is 1. The number of nitrogens with zero attached hydrogens (tertiary/aromatic N) is 1. The molecule has 0 radical (unpaired) electrons. The van der Waals surface area contributed by atoms with Crippen LogP contribution in [0.4, 0.5) is 0 Å². The van der Waals surface area contributed by atoms with Gasteiger partial charge >= 0.3 is 0 Å². The molecule has 0 aliphatic heterocycles. The number of furan rings is 1. The van der Waals surface area contributed by atoms with Gasteiger partial charge in [-0.2, -0.15) is 5.26 Å². The van der Waals surface area contributed by atoms with E-state index in [-0.39, 0.29) is 24.3 Å². The molecule has 1 aromatic heterocycles. The highest BCUT2D eigenvalue weighted by molar-refractivity contribution is 5.93. The van der Waals surface area contributed by atoms with Crippen molar-refractivity contribution in [2.75, 3.05) is 0 Å². The minimum Gasteiger partial charge on any atom is -0.489 e. The van der Waals surface area contributed by atoms with Gasteiger partial charge in [-0.3, -0.25) is 4.79 Å². The lowest BCUT2D eigenvalue weighted by molar-refractivity contribution is 0.0908. The molecule has 0 spiro atoms. The smallest absolute Gasteiger partial charge is 0.287 e. The highest BCUT2D eigenvalue weighted by Crippen LogP contribution is 2.18. The first-order valence-electron chi connectivity index (χ1n) is 8.22. The van der Waals surface area contributed by atoms with Crippen LogP contribution in [0.25, 0.3) is 0 Å². The summed E-state index contributed by atoms with van der Waals surface area (Å²) in [5.41, 5.74) is 2.08. The van der Waals surface area contributed by atoms with Gasteiger partial charge in [0.05, 0.1) is 23.9 Å². The summed E-state index contributed by atoms with van der Waals surface area (Å²) >= 11 is 0. The Morgan fingerprint density at radius 3 is 2.77 bits per heavy atom. The van der Waals surface area contributed by atoms with E-state index in [9.17, 15) is 4.79 Å². The third kappa shape index (κ3) is 4.11. The van der Waals surface area contributed by atoms with Gasteiger partial charge in [0.2, 0.25) is 0 Å². The third-order valence-electron chi connectivity index (χ3n) is 3.95. The van der Waals surface area contributed by atoms with Crippen molar-refractivity contribution < 1.29 is 13.9 Å². The van der Waals surface area contributed by atoms with Crippen LogP contribution in [-0.2, 0) is 6.61 Å². The summed E-state index contributed by atoms with van der Waals surface area (Å²) in [5, 5.41) is 11.9. The van der Waals surface area contributed by atoms with Crippen LogP contribution < -0.4 is 10.1 Å². The fourth-order valence-corrected chi connectivity index (χ4v) is 2.55. The molecular weight excluding hydrogens is 328 g/mol. The molecule has 2 aromatic carbocycles. The fraction of sp³-hybridized carbons (Fsp3) is 0.143. The Balaban J connectivity index is 1.67. The Labute approximate surface area is 151 Å². The molecule has 0 fully saturated rings. The number of rotatable bonds is 6. The number of amides is 1. The quantitative estimate of drug-likeness (QED) is 0.725. The second kappa shape index (κ2) is 8.04. The van der Waals surface area contributed by atoms with Crippen LogP contribution in [0.15, 0.2) is 71.3 Å². The van der Waals surface area contributed by atoms with Gasteiger partial charge in [0.25, 0.3) is 5.91 Å². The molecule has 1 amide bonds. The van der Waals surface area contributed by atoms with Gasteiger partial charge in [0.15, 0.2) is 5.76 Å². The SMILES string of the molecule is C[C@H](NC(=O)c1occc1COc1ccccc1)c1cccc(C#N)c1. The topological polar surface area (TPSA) is 75.3 Å². The molecule has 26 heavy (non-hydrogen) atoms. The standard InChI is InChI=1S/C21H18N2O3/c1-15(17-7-5-6-16(12-17)13-22)23-21(24)20-18(10-11-25-20)14-26-19-8-3-2-4-9-19/h2-12,15H,14H2,1H3,(H,23,24)/t15-/m0/s1. The summed E-state index contributed by atoms with van der Waals surface area (Å²) in [4.78, 5) is 12.6. The molecule has 5 heteroatoms. The van der Waals surface area contributed by atoms with E-state index in [0.717, 1.165) is 11.3 Å². The number of hydrogen-bond acceptors (Lipinski definition) is 4. The minimum absolute atomic E-state index is 0.226. The van der Waals surface area contributed by atoms with Crippen LogP contribution in [0.5, 0.6) is 5.75 Å². The number of hydrogen-bond donors (Lipinski definition) is 1. The molecule has 3 rings (SSSR count). The summed E-state index contributed by atoms with van der Waals surface area (Å²) < 4.78 is 11.0. The van der Waals surface area contributed by atoms with Gasteiger partial charge in [-0.1, -0.05) is 30.3 Å². The van der Waals surface area contributed by atoms with E-state index in [1.54, 1.807) is 24.3 Å². The van der Waals surface area contributed by atoms with Gasteiger partial charge in [0, 0.05) is 5.56 Å². The first-order chi connectivity index (χ1) is 12.7. The van der Waals surface area contributed by atoms with E-state index in [0.29, 0.717) is 11.1 Å². The summed E-state index contributed by atoms with van der Waals surface area (Å²) in [5.74, 6) is 0.627. The molecular formula is C21H18N2O3. The minimum atomic E-state index is -0.323. The molecule has 0 saturated heterocycles. The summed E-state index contributed by atoms with van der Waals surface area (Å²) in [6, 6.07) is 20.1. The van der Waals surface area contributed by atoms with Crippen LogP contribution in [0.2, 0.25) is 0 Å². The normalized spacial score (nSPS) is 11.4. The Morgan fingerprint density at radius 2 is 2.00 bits per heavy atom. The van der Waals surface area contributed by atoms with Crippen molar-refractivity contribution in [3.8, 4) is 11.8 Å². The number of benzene rings is 2. The second-order valence-corrected chi connectivity index (χ2v) is 5.81. The molecule has 1 N–H and O–H groups in total. The van der Waals surface area contributed by atoms with Crippen molar-refractivity contribution >= 4 is 5.91 Å². The van der Waals surface area contributed by atoms with Crippen LogP contribution in [-0.4, -0.2) is 5.91 Å². The molecule has 1 atom stereocenters. The van der Waals surface area contributed by atoms with E-state index in [1.165, 1.54) is 6.26 Å². The maximum Gasteiger partial charge on any atom is 0.287 e. The van der Waals surface area contributed by atoms with Gasteiger partial charge in [-0.25, -0.2) is 0 Å². The van der Waals surface area contributed by atoms with Gasteiger partial charge in [-0.15, -0.1) is 0 Å². The average Bonchev–Trinajstić information content (AvgIpc) is 3.16. The third-order valence-corrected chi connectivity index (χ3v) is 3.95. The largest absolute Gasteiger partial charge is 0.489 e. The molecule has 0 bridgehead atoms. The lowest BCUT2D eigenvalue weighted by Gasteiger charge is -2.14. The van der Waals surface area contributed by atoms with Gasteiger partial charge in [-0.05, 0) is 42.8 Å². The summed E-state index contributed by atoms with van der Waals surface area (Å²) in [7, 11) is 0. The van der Waals surface area contributed by atoms with Gasteiger partial charge in [0.1, 0.15) is 12.4 Å². The van der Waals surface area contributed by atoms with E-state index in [4.69, 9.17) is 14.4 Å². The van der Waals surface area contributed by atoms with E-state index in [2.05, 4.69) is 11.4 Å². The van der Waals surface area contributed by atoms with E-state index < -0.39 is 0 Å². The van der Waals surface area contributed by atoms with Crippen molar-refractivity contribution in [2.24, 2.45) is 0 Å². The predicted molar refractivity (Wildman–Crippen MR) is 96.5 cm³/mol. The highest BCUT2D eigenvalue weighted by Gasteiger charge is 2.18. The Kier molecular flexibility index (Phi) is 5.35. The van der Waals surface area contributed by atoms with E-state index >= 15 is 0 Å². The lowest BCUT2D eigenvalue weighted by atomic mass is 10.1. The maximum absolute atomic E-state index is 12.6. The molecule has 0 saturated carbocycles. The first kappa shape index (κ1) is 17.3. The first-order valence-corrected chi connectivity index (χ1v) is 8.22. The molecule has 0 aliphatic carbocycles. The Hall–Kier alpha value is -3.52. The number of carbonyl (C=O) groups excluding carboxylic acids is 1. The number of nitrogens with one attached hydrogen (secondary N) is 1. The number of carbonyl (C=O) groups is 1. The average molecular weight is 346 g/mol. The van der Waals surface area contributed by atoms with Crippen LogP contribution in [0.3, 0.4) is 0 Å². The predicted octanol–water partition coefficient (Wildman–Crippen LogP) is 4.22. The van der Waals surface area contributed by atoms with Crippen molar-refractivity contribution in [1.29, 1.82) is 5.26 Å². The maximum atomic E-state index is 12.6. The van der Waals surface area contributed by atoms with Gasteiger partial charge < -0.3 is 14.5 Å². The summed E-state index contributed by atoms with van der Waals surface area (Å²) in [6.07, 6.45) is 1.47. The molecule has 1 heterocycles. The summed E-state index contributed by atoms with van der Waals surface area (Å²) in [6.45, 7) is 2.10. The number of para-hydroxylation sites is 1. The lowest BCUT2D eigenvalue weighted by Crippen LogP contribution is -2.27. The van der Waals surface area contributed by atoms with Crippen LogP contribution >= 0.6 is 0 Å². The monoisotopic (exact) mass is 346 g/mol. The van der Waals surface area contributed by atoms with Crippen LogP contribution in [0.1, 0.15) is 40.2 Å². The fourth-order valence-electron chi connectivity index (χ4n) is 2.55. The molecule has 0 unspecified atom stereocenters. The molecule has 130 valence electrons. The molecule has 3 aromatic rings. The molecule has 0 aliphatic rings. The Bertz CT molecular complexity index is 926. The van der Waals surface area contributed by atoms with Crippen molar-refractivity contribution in [2.45, 2.75) is 19.6 Å². The molecule has 5 nitrogen and oxygen atoms in total. The highest BCUT2D eigenvalue weighted by atomic mass is 16.5. The number of ether oxygens (including phenoxy) is 1. The zero-order chi connectivity index (χ0) is 18.4. The zero-order valence-electron chi connectivity index (χ0n) is 14.3. The second-order valence-electron chi connectivity index (χ2n) is 5.81. The Morgan fingerprint density at radius 1 is 1.19 bits per heavy atom. The van der Waals surface area contributed by atoms with Crippen molar-refractivity contribution in [3.05, 3.63) is 89.4 Å². The van der Waals surface area contributed by atoms with Crippen molar-refractivity contribution in [1.82, 2.24) is 5.32 Å². The zero-order valence-corrected chi connectivity index (χ0v) is 14.3. The van der Waals surface area contributed by atoms with E-state index in [1.807, 2.05) is 43.3 Å². The van der Waals surface area contributed by atoms with Crippen LogP contribution in [0, 0.1) is 11.3 Å². The van der Waals surface area contributed by atoms with Crippen molar-refractivity contribution in [3.63, 3.8) is 0 Å².